The van der Waals surface area contributed by atoms with Gasteiger partial charge in [0.15, 0.2) is 11.6 Å². The first kappa shape index (κ1) is 18.8. The number of rotatable bonds is 6. The Balaban J connectivity index is 1.93. The minimum atomic E-state index is -0.223. The normalized spacial score (nSPS) is 16.3. The van der Waals surface area contributed by atoms with Crippen LogP contribution in [0.3, 0.4) is 0 Å². The van der Waals surface area contributed by atoms with Crippen molar-refractivity contribution in [2.24, 2.45) is 5.92 Å². The molecule has 132 valence electrons. The molecule has 1 aliphatic carbocycles. The van der Waals surface area contributed by atoms with Crippen LogP contribution in [0.4, 0.5) is 0 Å². The summed E-state index contributed by atoms with van der Waals surface area (Å²) in [5.74, 6) is -0.390. The van der Waals surface area contributed by atoms with Crippen LogP contribution in [-0.4, -0.2) is 17.5 Å². The number of Topliss-reactive ketones (excluding diaryl/α,β-unsaturated/α-hetero) is 2. The fourth-order valence-electron chi connectivity index (χ4n) is 2.91. The van der Waals surface area contributed by atoms with Crippen molar-refractivity contribution in [2.75, 3.05) is 0 Å². The van der Waals surface area contributed by atoms with Crippen LogP contribution in [0.15, 0.2) is 52.6 Å². The van der Waals surface area contributed by atoms with E-state index in [0.29, 0.717) is 41.7 Å². The minimum absolute atomic E-state index is 0.0415. The van der Waals surface area contributed by atoms with Gasteiger partial charge in [-0.15, -0.1) is 0 Å². The number of amides is 1. The van der Waals surface area contributed by atoms with Crippen LogP contribution < -0.4 is 5.32 Å². The molecule has 0 heterocycles. The summed E-state index contributed by atoms with van der Waals surface area (Å²) in [6.45, 7) is 7.42. The van der Waals surface area contributed by atoms with Crippen LogP contribution in [0.2, 0.25) is 0 Å². The molecule has 4 heteroatoms. The van der Waals surface area contributed by atoms with E-state index in [1.165, 1.54) is 0 Å². The number of benzene rings is 1. The summed E-state index contributed by atoms with van der Waals surface area (Å²) >= 11 is 0. The third-order valence-electron chi connectivity index (χ3n) is 4.90. The first-order valence-corrected chi connectivity index (χ1v) is 8.61. The lowest BCUT2D eigenvalue weighted by molar-refractivity contribution is -0.125. The molecule has 25 heavy (non-hydrogen) atoms. The van der Waals surface area contributed by atoms with Crippen LogP contribution in [0.5, 0.6) is 0 Å². The first-order chi connectivity index (χ1) is 11.8. The van der Waals surface area contributed by atoms with Crippen molar-refractivity contribution in [3.05, 3.63) is 58.2 Å². The van der Waals surface area contributed by atoms with Crippen molar-refractivity contribution in [2.45, 2.75) is 47.1 Å². The zero-order valence-corrected chi connectivity index (χ0v) is 15.3. The van der Waals surface area contributed by atoms with Gasteiger partial charge in [0.2, 0.25) is 5.91 Å². The second-order valence-electron chi connectivity index (χ2n) is 6.65. The molecule has 1 aromatic carbocycles. The Morgan fingerprint density at radius 2 is 1.56 bits per heavy atom. The van der Waals surface area contributed by atoms with Gasteiger partial charge in [0.1, 0.15) is 0 Å². The monoisotopic (exact) mass is 339 g/mol. The van der Waals surface area contributed by atoms with E-state index in [-0.39, 0.29) is 23.4 Å². The molecule has 2 rings (SSSR count). The predicted octanol–water partition coefficient (Wildman–Crippen LogP) is 3.52. The van der Waals surface area contributed by atoms with Gasteiger partial charge < -0.3 is 5.32 Å². The van der Waals surface area contributed by atoms with Crippen molar-refractivity contribution in [3.63, 3.8) is 0 Å². The highest BCUT2D eigenvalue weighted by Gasteiger charge is 2.28. The standard InChI is InChI=1S/C21H25NO3/c1-13(21(25)22-12-17-8-6-5-7-9-17)10-11-18-16(4)19(23)14(2)15(3)20(18)24/h5-9,13H,10-12H2,1-4H3,(H,22,25). The van der Waals surface area contributed by atoms with Crippen molar-refractivity contribution in [1.82, 2.24) is 5.32 Å². The van der Waals surface area contributed by atoms with Crippen molar-refractivity contribution < 1.29 is 14.4 Å². The van der Waals surface area contributed by atoms with Gasteiger partial charge in [-0.1, -0.05) is 37.3 Å². The number of hydrogen-bond donors (Lipinski definition) is 1. The largest absolute Gasteiger partial charge is 0.352 e. The molecule has 4 nitrogen and oxygen atoms in total. The van der Waals surface area contributed by atoms with E-state index >= 15 is 0 Å². The number of carbonyl (C=O) groups excluding carboxylic acids is 3. The van der Waals surface area contributed by atoms with E-state index in [0.717, 1.165) is 5.56 Å². The summed E-state index contributed by atoms with van der Waals surface area (Å²) in [6.07, 6.45) is 0.986. The van der Waals surface area contributed by atoms with Gasteiger partial charge in [-0.05, 0) is 39.2 Å². The summed E-state index contributed by atoms with van der Waals surface area (Å²) in [6, 6.07) is 9.73. The molecular weight excluding hydrogens is 314 g/mol. The molecule has 1 amide bonds. The lowest BCUT2D eigenvalue weighted by atomic mass is 9.83. The van der Waals surface area contributed by atoms with Crippen LogP contribution in [0, 0.1) is 5.92 Å². The average molecular weight is 339 g/mol. The van der Waals surface area contributed by atoms with Crippen LogP contribution in [0.1, 0.15) is 46.1 Å². The molecular formula is C21H25NO3. The maximum Gasteiger partial charge on any atom is 0.223 e. The molecule has 1 atom stereocenters. The highest BCUT2D eigenvalue weighted by Crippen LogP contribution is 2.28. The Hall–Kier alpha value is -2.49. The van der Waals surface area contributed by atoms with E-state index in [4.69, 9.17) is 0 Å². The Morgan fingerprint density at radius 1 is 0.960 bits per heavy atom. The number of ketones is 2. The van der Waals surface area contributed by atoms with Crippen molar-refractivity contribution in [3.8, 4) is 0 Å². The van der Waals surface area contributed by atoms with Crippen molar-refractivity contribution >= 4 is 17.5 Å². The van der Waals surface area contributed by atoms with Crippen LogP contribution in [-0.2, 0) is 20.9 Å². The summed E-state index contributed by atoms with van der Waals surface area (Å²) in [4.78, 5) is 36.8. The van der Waals surface area contributed by atoms with E-state index < -0.39 is 0 Å². The first-order valence-electron chi connectivity index (χ1n) is 8.61. The summed E-state index contributed by atoms with van der Waals surface area (Å²) in [5, 5.41) is 2.92. The molecule has 1 N–H and O–H groups in total. The average Bonchev–Trinajstić information content (AvgIpc) is 2.63. The molecule has 0 fully saturated rings. The zero-order valence-electron chi connectivity index (χ0n) is 15.3. The van der Waals surface area contributed by atoms with Gasteiger partial charge in [0.25, 0.3) is 0 Å². The number of carbonyl (C=O) groups is 3. The fraction of sp³-hybridized carbons (Fsp3) is 0.381. The Kier molecular flexibility index (Phi) is 6.07. The van der Waals surface area contributed by atoms with Gasteiger partial charge in [-0.2, -0.15) is 0 Å². The van der Waals surface area contributed by atoms with Gasteiger partial charge in [0, 0.05) is 34.8 Å². The summed E-state index contributed by atoms with van der Waals surface area (Å²) in [5.41, 5.74) is 3.17. The lowest BCUT2D eigenvalue weighted by Crippen LogP contribution is -2.29. The smallest absolute Gasteiger partial charge is 0.223 e. The van der Waals surface area contributed by atoms with Crippen LogP contribution in [0.25, 0.3) is 0 Å². The topological polar surface area (TPSA) is 63.2 Å². The maximum atomic E-state index is 12.4. The van der Waals surface area contributed by atoms with Crippen LogP contribution >= 0.6 is 0 Å². The third-order valence-corrected chi connectivity index (χ3v) is 4.90. The molecule has 0 saturated carbocycles. The molecule has 1 aromatic rings. The molecule has 1 unspecified atom stereocenters. The Bertz CT molecular complexity index is 757. The van der Waals surface area contributed by atoms with E-state index in [1.807, 2.05) is 37.3 Å². The number of hydrogen-bond acceptors (Lipinski definition) is 3. The zero-order chi connectivity index (χ0) is 18.6. The van der Waals surface area contributed by atoms with E-state index in [1.54, 1.807) is 20.8 Å². The lowest BCUT2D eigenvalue weighted by Gasteiger charge is -2.20. The highest BCUT2D eigenvalue weighted by atomic mass is 16.2. The quantitative estimate of drug-likeness (QED) is 0.807. The second kappa shape index (κ2) is 8.06. The van der Waals surface area contributed by atoms with E-state index in [2.05, 4.69) is 5.32 Å². The molecule has 0 aliphatic heterocycles. The fourth-order valence-corrected chi connectivity index (χ4v) is 2.91. The number of nitrogens with one attached hydrogen (secondary N) is 1. The van der Waals surface area contributed by atoms with Gasteiger partial charge in [-0.3, -0.25) is 14.4 Å². The minimum Gasteiger partial charge on any atom is -0.352 e. The Morgan fingerprint density at radius 3 is 2.20 bits per heavy atom. The SMILES string of the molecule is CC1=C(C)C(=O)C(CCC(C)C(=O)NCc2ccccc2)=C(C)C1=O. The van der Waals surface area contributed by atoms with Gasteiger partial charge in [0.05, 0.1) is 0 Å². The molecule has 0 radical (unpaired) electrons. The highest BCUT2D eigenvalue weighted by molar-refractivity contribution is 6.24. The maximum absolute atomic E-state index is 12.4. The second-order valence-corrected chi connectivity index (χ2v) is 6.65. The van der Waals surface area contributed by atoms with Crippen molar-refractivity contribution in [1.29, 1.82) is 0 Å². The molecule has 0 saturated heterocycles. The predicted molar refractivity (Wildman–Crippen MR) is 97.8 cm³/mol. The molecule has 0 aromatic heterocycles. The van der Waals surface area contributed by atoms with Gasteiger partial charge >= 0.3 is 0 Å². The Labute approximate surface area is 149 Å². The van der Waals surface area contributed by atoms with Gasteiger partial charge in [-0.25, -0.2) is 0 Å². The molecule has 1 aliphatic rings. The molecule has 0 bridgehead atoms. The van der Waals surface area contributed by atoms with E-state index in [9.17, 15) is 14.4 Å². The summed E-state index contributed by atoms with van der Waals surface area (Å²) in [7, 11) is 0. The third kappa shape index (κ3) is 4.32. The molecule has 0 spiro atoms. The summed E-state index contributed by atoms with van der Waals surface area (Å²) < 4.78 is 0. The number of allylic oxidation sites excluding steroid dienone is 4.